The predicted octanol–water partition coefficient (Wildman–Crippen LogP) is 4.13. The van der Waals surface area contributed by atoms with Gasteiger partial charge in [-0.2, -0.15) is 0 Å². The molecule has 13 heteroatoms. The van der Waals surface area contributed by atoms with Crippen LogP contribution in [0.5, 0.6) is 5.75 Å². The van der Waals surface area contributed by atoms with Crippen molar-refractivity contribution in [1.82, 2.24) is 4.31 Å². The van der Waals surface area contributed by atoms with E-state index in [9.17, 15) is 28.1 Å². The SMILES string of the molecule is CCOc1ccc(Nc2ccc(S(=O)(=O)N(C)C)cc2[N+](=O)[O-])cc1NC(=O)C(=O)Nc1ccccc1CC. The fourth-order valence-electron chi connectivity index (χ4n) is 3.59. The largest absolute Gasteiger partial charge is 0.492 e. The molecule has 2 amide bonds. The minimum atomic E-state index is -3.89. The van der Waals surface area contributed by atoms with Gasteiger partial charge >= 0.3 is 11.8 Å². The Morgan fingerprint density at radius 1 is 0.923 bits per heavy atom. The van der Waals surface area contributed by atoms with Crippen molar-refractivity contribution < 1.29 is 27.7 Å². The summed E-state index contributed by atoms with van der Waals surface area (Å²) in [5.74, 6) is -1.55. The fourth-order valence-corrected chi connectivity index (χ4v) is 4.51. The molecular weight excluding hydrogens is 526 g/mol. The van der Waals surface area contributed by atoms with E-state index in [1.165, 1.54) is 38.4 Å². The van der Waals surface area contributed by atoms with Crippen LogP contribution in [0.4, 0.5) is 28.4 Å². The lowest BCUT2D eigenvalue weighted by molar-refractivity contribution is -0.384. The molecule has 206 valence electrons. The van der Waals surface area contributed by atoms with Gasteiger partial charge in [0.15, 0.2) is 0 Å². The highest BCUT2D eigenvalue weighted by molar-refractivity contribution is 7.89. The van der Waals surface area contributed by atoms with Crippen molar-refractivity contribution in [3.8, 4) is 5.75 Å². The molecule has 3 rings (SSSR count). The molecule has 3 aromatic rings. The molecule has 3 aromatic carbocycles. The molecular formula is C26H29N5O7S. The molecule has 0 saturated carbocycles. The topological polar surface area (TPSA) is 160 Å². The molecule has 0 fully saturated rings. The molecule has 0 aliphatic carbocycles. The van der Waals surface area contributed by atoms with Gasteiger partial charge in [-0.15, -0.1) is 0 Å². The average molecular weight is 556 g/mol. The Morgan fingerprint density at radius 3 is 2.21 bits per heavy atom. The Bertz CT molecular complexity index is 1510. The van der Waals surface area contributed by atoms with E-state index >= 15 is 0 Å². The van der Waals surface area contributed by atoms with Gasteiger partial charge in [-0.05, 0) is 55.3 Å². The fraction of sp³-hybridized carbons (Fsp3) is 0.231. The van der Waals surface area contributed by atoms with E-state index in [-0.39, 0.29) is 28.6 Å². The van der Waals surface area contributed by atoms with Gasteiger partial charge in [0.2, 0.25) is 10.0 Å². The molecule has 0 aliphatic heterocycles. The minimum absolute atomic E-state index is 0.0214. The lowest BCUT2D eigenvalue weighted by Crippen LogP contribution is -2.29. The quantitative estimate of drug-likeness (QED) is 0.191. The van der Waals surface area contributed by atoms with E-state index in [1.807, 2.05) is 19.1 Å². The molecule has 0 spiro atoms. The number of nitrogens with zero attached hydrogens (tertiary/aromatic N) is 2. The number of hydrogen-bond acceptors (Lipinski definition) is 8. The van der Waals surface area contributed by atoms with Crippen LogP contribution in [0.25, 0.3) is 0 Å². The summed E-state index contributed by atoms with van der Waals surface area (Å²) >= 11 is 0. The van der Waals surface area contributed by atoms with Crippen molar-refractivity contribution in [2.75, 3.05) is 36.7 Å². The van der Waals surface area contributed by atoms with E-state index in [2.05, 4.69) is 16.0 Å². The highest BCUT2D eigenvalue weighted by Crippen LogP contribution is 2.34. The molecule has 0 heterocycles. The number of nitrogens with one attached hydrogen (secondary N) is 3. The number of benzene rings is 3. The van der Waals surface area contributed by atoms with E-state index in [0.29, 0.717) is 17.8 Å². The van der Waals surface area contributed by atoms with Gasteiger partial charge in [0.25, 0.3) is 5.69 Å². The predicted molar refractivity (Wildman–Crippen MR) is 148 cm³/mol. The molecule has 0 aromatic heterocycles. The van der Waals surface area contributed by atoms with Crippen LogP contribution in [-0.4, -0.2) is 50.2 Å². The molecule has 0 aliphatic rings. The second kappa shape index (κ2) is 12.4. The van der Waals surface area contributed by atoms with Crippen molar-refractivity contribution in [3.63, 3.8) is 0 Å². The molecule has 0 atom stereocenters. The standard InChI is InChI=1S/C26H29N5O7S/c1-5-17-9-7-8-10-20(17)28-25(32)26(33)29-22-15-18(11-14-24(22)38-6-2)27-21-13-12-19(16-23(21)31(34)35)39(36,37)30(3)4/h7-16,27H,5-6H2,1-4H3,(H,28,32)(H,29,33). The van der Waals surface area contributed by atoms with Crippen LogP contribution in [0.3, 0.4) is 0 Å². The second-order valence-corrected chi connectivity index (χ2v) is 10.6. The van der Waals surface area contributed by atoms with Gasteiger partial charge in [0.1, 0.15) is 11.4 Å². The number of anilines is 4. The third-order valence-electron chi connectivity index (χ3n) is 5.60. The summed E-state index contributed by atoms with van der Waals surface area (Å²) in [6.07, 6.45) is 0.661. The van der Waals surface area contributed by atoms with Crippen LogP contribution in [0.15, 0.2) is 65.6 Å². The first kappa shape index (κ1) is 29.1. The molecule has 0 radical (unpaired) electrons. The van der Waals surface area contributed by atoms with Gasteiger partial charge in [0, 0.05) is 31.5 Å². The van der Waals surface area contributed by atoms with Crippen molar-refractivity contribution in [3.05, 3.63) is 76.3 Å². The molecule has 12 nitrogen and oxygen atoms in total. The van der Waals surface area contributed by atoms with Crippen LogP contribution in [0.2, 0.25) is 0 Å². The van der Waals surface area contributed by atoms with E-state index < -0.39 is 32.4 Å². The monoisotopic (exact) mass is 555 g/mol. The molecule has 3 N–H and O–H groups in total. The summed E-state index contributed by atoms with van der Waals surface area (Å²) in [7, 11) is -1.24. The third kappa shape index (κ3) is 6.89. The smallest absolute Gasteiger partial charge is 0.314 e. The average Bonchev–Trinajstić information content (AvgIpc) is 2.90. The lowest BCUT2D eigenvalue weighted by atomic mass is 10.1. The van der Waals surface area contributed by atoms with Crippen LogP contribution < -0.4 is 20.7 Å². The van der Waals surface area contributed by atoms with E-state index in [0.717, 1.165) is 15.9 Å². The maximum atomic E-state index is 12.7. The minimum Gasteiger partial charge on any atom is -0.492 e. The molecule has 0 saturated heterocycles. The molecule has 0 bridgehead atoms. The number of ether oxygens (including phenoxy) is 1. The summed E-state index contributed by atoms with van der Waals surface area (Å²) in [6, 6.07) is 15.2. The highest BCUT2D eigenvalue weighted by atomic mass is 32.2. The van der Waals surface area contributed by atoms with Crippen molar-refractivity contribution in [2.24, 2.45) is 0 Å². The van der Waals surface area contributed by atoms with Gasteiger partial charge in [-0.25, -0.2) is 12.7 Å². The maximum Gasteiger partial charge on any atom is 0.314 e. The summed E-state index contributed by atoms with van der Waals surface area (Å²) in [6.45, 7) is 3.95. The zero-order valence-corrected chi connectivity index (χ0v) is 22.7. The Labute approximate surface area is 226 Å². The van der Waals surface area contributed by atoms with Crippen molar-refractivity contribution in [1.29, 1.82) is 0 Å². The maximum absolute atomic E-state index is 12.7. The first-order chi connectivity index (χ1) is 18.5. The lowest BCUT2D eigenvalue weighted by Gasteiger charge is -2.15. The van der Waals surface area contributed by atoms with Crippen LogP contribution in [-0.2, 0) is 26.0 Å². The number of sulfonamides is 1. The Kier molecular flexibility index (Phi) is 9.22. The van der Waals surface area contributed by atoms with Crippen LogP contribution in [0, 0.1) is 10.1 Å². The van der Waals surface area contributed by atoms with Crippen molar-refractivity contribution >= 4 is 50.3 Å². The molecule has 0 unspecified atom stereocenters. The van der Waals surface area contributed by atoms with Gasteiger partial charge in [0.05, 0.1) is 22.1 Å². The summed E-state index contributed by atoms with van der Waals surface area (Å²) in [5, 5.41) is 19.7. The first-order valence-electron chi connectivity index (χ1n) is 11.9. The first-order valence-corrected chi connectivity index (χ1v) is 13.4. The molecule has 39 heavy (non-hydrogen) atoms. The van der Waals surface area contributed by atoms with Gasteiger partial charge < -0.3 is 20.7 Å². The number of amides is 2. The normalized spacial score (nSPS) is 11.1. The van der Waals surface area contributed by atoms with Gasteiger partial charge in [-0.3, -0.25) is 19.7 Å². The van der Waals surface area contributed by atoms with E-state index in [4.69, 9.17) is 4.74 Å². The van der Waals surface area contributed by atoms with Gasteiger partial charge in [-0.1, -0.05) is 25.1 Å². The number of carbonyl (C=O) groups excluding carboxylic acids is 2. The number of nitro groups is 1. The van der Waals surface area contributed by atoms with E-state index in [1.54, 1.807) is 25.1 Å². The summed E-state index contributed by atoms with van der Waals surface area (Å²) in [4.78, 5) is 36.1. The second-order valence-electron chi connectivity index (χ2n) is 8.41. The number of nitro benzene ring substituents is 1. The third-order valence-corrected chi connectivity index (χ3v) is 7.41. The van der Waals surface area contributed by atoms with Crippen molar-refractivity contribution in [2.45, 2.75) is 25.2 Å². The zero-order chi connectivity index (χ0) is 28.7. The van der Waals surface area contributed by atoms with Crippen LogP contribution in [0.1, 0.15) is 19.4 Å². The highest BCUT2D eigenvalue weighted by Gasteiger charge is 2.24. The Balaban J connectivity index is 1.89. The summed E-state index contributed by atoms with van der Waals surface area (Å²) < 4.78 is 31.4. The number of para-hydroxylation sites is 1. The zero-order valence-electron chi connectivity index (χ0n) is 21.8. The van der Waals surface area contributed by atoms with Crippen LogP contribution >= 0.6 is 0 Å². The number of carbonyl (C=O) groups is 2. The number of hydrogen-bond donors (Lipinski definition) is 3. The summed E-state index contributed by atoms with van der Waals surface area (Å²) in [5.41, 5.74) is 1.41. The number of aryl methyl sites for hydroxylation is 1. The number of rotatable bonds is 10. The Hall–Kier alpha value is -4.49. The Morgan fingerprint density at radius 2 is 1.59 bits per heavy atom.